The van der Waals surface area contributed by atoms with E-state index >= 15 is 0 Å². The number of carbonyl (C=O) groups is 1. The molecule has 1 saturated carbocycles. The molecule has 2 aliphatic rings. The fourth-order valence-corrected chi connectivity index (χ4v) is 3.04. The van der Waals surface area contributed by atoms with Crippen LogP contribution in [0.1, 0.15) is 25.7 Å². The van der Waals surface area contributed by atoms with Crippen molar-refractivity contribution in [2.24, 2.45) is 17.8 Å². The number of rotatable bonds is 3. The second kappa shape index (κ2) is 5.60. The highest BCUT2D eigenvalue weighted by molar-refractivity contribution is 5.60. The molecule has 0 spiro atoms. The lowest BCUT2D eigenvalue weighted by molar-refractivity contribution is 0.0315. The maximum Gasteiger partial charge on any atom is 0.533 e. The number of hydrogen-bond donors (Lipinski definition) is 2. The van der Waals surface area contributed by atoms with Gasteiger partial charge in [-0.05, 0) is 30.6 Å². The maximum atomic E-state index is 11.6. The van der Waals surface area contributed by atoms with Gasteiger partial charge in [-0.3, -0.25) is 4.84 Å². The molecule has 0 saturated heterocycles. The summed E-state index contributed by atoms with van der Waals surface area (Å²) in [4.78, 5) is 16.3. The number of ether oxygens (including phenoxy) is 1. The van der Waals surface area contributed by atoms with Gasteiger partial charge in [0.15, 0.2) is 0 Å². The van der Waals surface area contributed by atoms with Crippen molar-refractivity contribution in [3.63, 3.8) is 0 Å². The predicted molar refractivity (Wildman–Crippen MR) is 72.4 cm³/mol. The molecule has 0 bridgehead atoms. The lowest BCUT2D eigenvalue weighted by Crippen LogP contribution is -2.21. The molecule has 0 amide bonds. The highest BCUT2D eigenvalue weighted by Crippen LogP contribution is 2.52. The quantitative estimate of drug-likeness (QED) is 0.656. The molecule has 0 aliphatic heterocycles. The SMILES string of the molecule is O=C(OCC1C2CCC#CCCC21)On1c(O)ccc1O. The molecule has 0 aromatic carbocycles. The van der Waals surface area contributed by atoms with Crippen LogP contribution in [0, 0.1) is 29.6 Å². The highest BCUT2D eigenvalue weighted by atomic mass is 16.8. The van der Waals surface area contributed by atoms with Crippen molar-refractivity contribution in [2.75, 3.05) is 6.61 Å². The van der Waals surface area contributed by atoms with E-state index in [1.54, 1.807) is 0 Å². The van der Waals surface area contributed by atoms with E-state index in [0.29, 0.717) is 29.1 Å². The van der Waals surface area contributed by atoms with Crippen LogP contribution in [0.4, 0.5) is 4.79 Å². The molecule has 6 heteroatoms. The van der Waals surface area contributed by atoms with E-state index in [9.17, 15) is 15.0 Å². The zero-order chi connectivity index (χ0) is 14.8. The van der Waals surface area contributed by atoms with E-state index in [0.717, 1.165) is 25.7 Å². The zero-order valence-corrected chi connectivity index (χ0v) is 11.5. The van der Waals surface area contributed by atoms with Crippen molar-refractivity contribution in [1.82, 2.24) is 4.73 Å². The van der Waals surface area contributed by atoms with Crippen molar-refractivity contribution >= 4 is 6.16 Å². The van der Waals surface area contributed by atoms with Gasteiger partial charge in [-0.2, -0.15) is 0 Å². The fourth-order valence-electron chi connectivity index (χ4n) is 3.04. The summed E-state index contributed by atoms with van der Waals surface area (Å²) < 4.78 is 5.70. The summed E-state index contributed by atoms with van der Waals surface area (Å²) >= 11 is 0. The smallest absolute Gasteiger partial charge is 0.492 e. The van der Waals surface area contributed by atoms with E-state index in [4.69, 9.17) is 9.57 Å². The van der Waals surface area contributed by atoms with Crippen LogP contribution in [0.2, 0.25) is 0 Å². The molecule has 3 rings (SSSR count). The molecule has 112 valence electrons. The van der Waals surface area contributed by atoms with E-state index in [-0.39, 0.29) is 11.8 Å². The van der Waals surface area contributed by atoms with E-state index in [1.807, 2.05) is 0 Å². The third kappa shape index (κ3) is 2.92. The first-order valence-corrected chi connectivity index (χ1v) is 7.07. The van der Waals surface area contributed by atoms with Gasteiger partial charge < -0.3 is 14.9 Å². The highest BCUT2D eigenvalue weighted by Gasteiger charge is 2.49. The van der Waals surface area contributed by atoms with E-state index in [1.165, 1.54) is 12.1 Å². The Labute approximate surface area is 122 Å². The summed E-state index contributed by atoms with van der Waals surface area (Å²) in [5.74, 6) is 7.06. The largest absolute Gasteiger partial charge is 0.533 e. The number of aromatic hydroxyl groups is 2. The Morgan fingerprint density at radius 1 is 1.19 bits per heavy atom. The summed E-state index contributed by atoms with van der Waals surface area (Å²) in [5, 5.41) is 18.7. The molecule has 1 aromatic rings. The summed E-state index contributed by atoms with van der Waals surface area (Å²) in [7, 11) is 0. The zero-order valence-electron chi connectivity index (χ0n) is 11.5. The first kappa shape index (κ1) is 13.7. The first-order chi connectivity index (χ1) is 10.2. The van der Waals surface area contributed by atoms with Crippen LogP contribution < -0.4 is 4.84 Å². The van der Waals surface area contributed by atoms with E-state index < -0.39 is 6.16 Å². The van der Waals surface area contributed by atoms with Crippen molar-refractivity contribution in [3.05, 3.63) is 12.1 Å². The van der Waals surface area contributed by atoms with Crippen LogP contribution in [-0.4, -0.2) is 27.7 Å². The van der Waals surface area contributed by atoms with Gasteiger partial charge >= 0.3 is 6.16 Å². The molecular weight excluding hydrogens is 274 g/mol. The topological polar surface area (TPSA) is 80.9 Å². The Hall–Kier alpha value is -2.29. The molecule has 2 atom stereocenters. The van der Waals surface area contributed by atoms with Gasteiger partial charge in [0.05, 0.1) is 6.61 Å². The Balaban J connectivity index is 1.47. The number of aromatic nitrogens is 1. The third-order valence-corrected chi connectivity index (χ3v) is 4.20. The normalized spacial score (nSPS) is 26.6. The van der Waals surface area contributed by atoms with Gasteiger partial charge in [0.2, 0.25) is 11.8 Å². The molecule has 0 radical (unpaired) electrons. The minimum atomic E-state index is -0.938. The van der Waals surface area contributed by atoms with Gasteiger partial charge in [-0.25, -0.2) is 4.79 Å². The number of fused-ring (bicyclic) bond motifs is 1. The minimum Gasteiger partial charge on any atom is -0.492 e. The van der Waals surface area contributed by atoms with Crippen LogP contribution in [0.25, 0.3) is 0 Å². The Morgan fingerprint density at radius 3 is 2.33 bits per heavy atom. The minimum absolute atomic E-state index is 0.303. The Kier molecular flexibility index (Phi) is 3.65. The number of carbonyl (C=O) groups excluding carboxylic acids is 1. The lowest BCUT2D eigenvalue weighted by Gasteiger charge is -2.07. The second-order valence-electron chi connectivity index (χ2n) is 5.42. The van der Waals surface area contributed by atoms with Crippen LogP contribution in [0.3, 0.4) is 0 Å². The van der Waals surface area contributed by atoms with Crippen LogP contribution in [0.15, 0.2) is 12.1 Å². The van der Waals surface area contributed by atoms with Crippen molar-refractivity contribution in [2.45, 2.75) is 25.7 Å². The Bertz CT molecular complexity index is 559. The van der Waals surface area contributed by atoms with Crippen molar-refractivity contribution in [3.8, 4) is 23.6 Å². The van der Waals surface area contributed by atoms with Gasteiger partial charge in [0, 0.05) is 25.0 Å². The predicted octanol–water partition coefficient (Wildman–Crippen LogP) is 1.90. The molecule has 1 heterocycles. The van der Waals surface area contributed by atoms with E-state index in [2.05, 4.69) is 11.8 Å². The lowest BCUT2D eigenvalue weighted by atomic mass is 10.1. The molecule has 2 aliphatic carbocycles. The van der Waals surface area contributed by atoms with Crippen LogP contribution >= 0.6 is 0 Å². The third-order valence-electron chi connectivity index (χ3n) is 4.20. The average molecular weight is 291 g/mol. The summed E-state index contributed by atoms with van der Waals surface area (Å²) in [6.07, 6.45) is 2.99. The molecule has 2 unspecified atom stereocenters. The van der Waals surface area contributed by atoms with Crippen LogP contribution in [0.5, 0.6) is 11.8 Å². The summed E-state index contributed by atoms with van der Waals surface area (Å²) in [6, 6.07) is 2.43. The second-order valence-corrected chi connectivity index (χ2v) is 5.42. The molecule has 1 fully saturated rings. The molecule has 1 aromatic heterocycles. The molecule has 2 N–H and O–H groups in total. The van der Waals surface area contributed by atoms with Gasteiger partial charge in [-0.1, -0.05) is 0 Å². The molecule has 6 nitrogen and oxygen atoms in total. The summed E-state index contributed by atoms with van der Waals surface area (Å²) in [5.41, 5.74) is 0. The number of hydrogen-bond acceptors (Lipinski definition) is 5. The number of nitrogens with zero attached hydrogens (tertiary/aromatic N) is 1. The molecule has 21 heavy (non-hydrogen) atoms. The van der Waals surface area contributed by atoms with Gasteiger partial charge in [-0.15, -0.1) is 16.6 Å². The van der Waals surface area contributed by atoms with Crippen molar-refractivity contribution in [1.29, 1.82) is 0 Å². The maximum absolute atomic E-state index is 11.6. The molecular formula is C15H17NO5. The van der Waals surface area contributed by atoms with Crippen LogP contribution in [-0.2, 0) is 4.74 Å². The summed E-state index contributed by atoms with van der Waals surface area (Å²) in [6.45, 7) is 0.303. The van der Waals surface area contributed by atoms with Crippen molar-refractivity contribution < 1.29 is 24.6 Å². The fraction of sp³-hybridized carbons (Fsp3) is 0.533. The Morgan fingerprint density at radius 2 is 1.76 bits per heavy atom. The average Bonchev–Trinajstić information content (AvgIpc) is 2.98. The first-order valence-electron chi connectivity index (χ1n) is 7.07. The van der Waals surface area contributed by atoms with Gasteiger partial charge in [0.1, 0.15) is 0 Å². The standard InChI is InChI=1S/C15H17NO5/c17-13-7-8-14(18)16(13)21-15(19)20-9-12-10-5-3-1-2-4-6-11(10)12/h7-8,10-12,17-18H,3-6,9H2. The van der Waals surface area contributed by atoms with Gasteiger partial charge in [0.25, 0.3) is 0 Å². The monoisotopic (exact) mass is 291 g/mol.